The third-order valence-electron chi connectivity index (χ3n) is 4.99. The molecule has 12 nitrogen and oxygen atoms in total. The van der Waals surface area contributed by atoms with E-state index in [4.69, 9.17) is 9.29 Å². The zero-order valence-corrected chi connectivity index (χ0v) is 21.0. The lowest BCUT2D eigenvalue weighted by molar-refractivity contribution is -0.205. The Morgan fingerprint density at radius 1 is 0.909 bits per heavy atom. The molecule has 1 aliphatic heterocycles. The molecule has 1 heterocycles. The normalized spacial score (nSPS) is 27.0. The van der Waals surface area contributed by atoms with Gasteiger partial charge >= 0.3 is 10.4 Å². The first-order valence-electron chi connectivity index (χ1n) is 10.7. The molecule has 1 fully saturated rings. The number of ether oxygens (including phenoxy) is 1. The fraction of sp³-hybridized carbons (Fsp3) is 0.944. The van der Waals surface area contributed by atoms with Gasteiger partial charge in [0.15, 0.2) is 0 Å². The molecule has 0 aromatic heterocycles. The van der Waals surface area contributed by atoms with Gasteiger partial charge in [-0.2, -0.15) is 8.42 Å². The Kier molecular flexibility index (Phi) is 13.7. The molecule has 33 heavy (non-hydrogen) atoms. The monoisotopic (exact) mass is 537 g/mol. The highest BCUT2D eigenvalue weighted by Crippen LogP contribution is 2.31. The summed E-state index contributed by atoms with van der Waals surface area (Å²) in [5.41, 5.74) is -1.16. The third-order valence-corrected chi connectivity index (χ3v) is 7.46. The molecule has 15 heteroatoms. The van der Waals surface area contributed by atoms with E-state index < -0.39 is 56.7 Å². The summed E-state index contributed by atoms with van der Waals surface area (Å²) in [4.78, 5) is 0. The molecule has 5 N–H and O–H groups in total. The van der Waals surface area contributed by atoms with Gasteiger partial charge in [0.2, 0.25) is 0 Å². The number of aliphatic hydroxyl groups excluding tert-OH is 4. The molecule has 196 valence electrons. The van der Waals surface area contributed by atoms with Gasteiger partial charge in [-0.25, -0.2) is 12.7 Å². The molecule has 0 saturated carbocycles. The van der Waals surface area contributed by atoms with E-state index in [0.29, 0.717) is 12.8 Å². The highest BCUT2D eigenvalue weighted by Gasteiger charge is 2.44. The lowest BCUT2D eigenvalue weighted by Crippen LogP contribution is -2.57. The average molecular weight is 538 g/mol. The van der Waals surface area contributed by atoms with Crippen molar-refractivity contribution >= 4 is 37.0 Å². The molecule has 5 atom stereocenters. The Labute approximate surface area is 199 Å². The number of nitrogens with zero attached hydrogens (tertiary/aromatic N) is 1. The van der Waals surface area contributed by atoms with Crippen molar-refractivity contribution in [1.29, 1.82) is 0 Å². The summed E-state index contributed by atoms with van der Waals surface area (Å²) in [5.74, 6) is 0.201. The summed E-state index contributed by atoms with van der Waals surface area (Å²) in [5, 5.41) is 42.6. The Bertz CT molecular complexity index is 801. The smallest absolute Gasteiger partial charge is 0.394 e. The zero-order chi connectivity index (χ0) is 25.1. The van der Waals surface area contributed by atoms with Gasteiger partial charge in [-0.05, 0) is 19.3 Å². The molecule has 0 spiro atoms. The second-order valence-corrected chi connectivity index (χ2v) is 12.4. The van der Waals surface area contributed by atoms with Gasteiger partial charge in [0.25, 0.3) is 0 Å². The lowest BCUT2D eigenvalue weighted by Gasteiger charge is -2.39. The maximum Gasteiger partial charge on any atom is 0.466 e. The molecule has 0 aromatic rings. The van der Waals surface area contributed by atoms with E-state index in [1.807, 2.05) is 0 Å². The van der Waals surface area contributed by atoms with Crippen molar-refractivity contribution in [3.8, 4) is 0 Å². The molecule has 0 radical (unpaired) electrons. The molecule has 1 rings (SSSR count). The second-order valence-electron chi connectivity index (χ2n) is 8.01. The molecule has 0 aliphatic carbocycles. The van der Waals surface area contributed by atoms with Crippen molar-refractivity contribution in [2.45, 2.75) is 87.6 Å². The van der Waals surface area contributed by atoms with Gasteiger partial charge in [0.05, 0.1) is 6.61 Å². The van der Waals surface area contributed by atoms with Crippen LogP contribution in [0.5, 0.6) is 0 Å². The quantitative estimate of drug-likeness (QED) is 0.0626. The van der Waals surface area contributed by atoms with Crippen LogP contribution in [0, 0.1) is 0 Å². The van der Waals surface area contributed by atoms with Gasteiger partial charge in [-0.15, -0.1) is 0 Å². The van der Waals surface area contributed by atoms with E-state index in [2.05, 4.69) is 9.44 Å². The fourth-order valence-electron chi connectivity index (χ4n) is 3.21. The van der Waals surface area contributed by atoms with Crippen LogP contribution in [-0.4, -0.2) is 95.3 Å². The zero-order valence-electron chi connectivity index (χ0n) is 18.5. The largest absolute Gasteiger partial charge is 0.466 e. The van der Waals surface area contributed by atoms with Crippen LogP contribution in [0.1, 0.15) is 57.8 Å². The third kappa shape index (κ3) is 13.2. The van der Waals surface area contributed by atoms with Crippen molar-refractivity contribution in [1.82, 2.24) is 0 Å². The SMILES string of the molecule is CS(=O)(=O)CCCCCCCCCC/C(=N\OS(=O)(=O)O)S[C@H]1O[C@@H](CO)[C@H](O)[C@@H](O)[C@H]1O. The summed E-state index contributed by atoms with van der Waals surface area (Å²) < 4.78 is 62.1. The van der Waals surface area contributed by atoms with Crippen molar-refractivity contribution in [3.05, 3.63) is 0 Å². The fourth-order valence-corrected chi connectivity index (χ4v) is 5.28. The minimum absolute atomic E-state index is 0.0812. The number of hydrogen-bond donors (Lipinski definition) is 5. The molecular formula is C18H35NO11S3. The Morgan fingerprint density at radius 2 is 1.45 bits per heavy atom. The molecule has 0 aromatic carbocycles. The first-order valence-corrected chi connectivity index (χ1v) is 15.0. The molecular weight excluding hydrogens is 502 g/mol. The molecule has 0 unspecified atom stereocenters. The number of rotatable bonds is 15. The maximum atomic E-state index is 11.1. The van der Waals surface area contributed by atoms with Gasteiger partial charge < -0.3 is 25.2 Å². The van der Waals surface area contributed by atoms with Crippen LogP contribution in [0.4, 0.5) is 0 Å². The van der Waals surface area contributed by atoms with Crippen LogP contribution in [0.2, 0.25) is 0 Å². The summed E-state index contributed by atoms with van der Waals surface area (Å²) in [6, 6.07) is 0. The summed E-state index contributed by atoms with van der Waals surface area (Å²) >= 11 is 0.765. The van der Waals surface area contributed by atoms with Gasteiger partial charge in [-0.1, -0.05) is 55.4 Å². The van der Waals surface area contributed by atoms with Crippen LogP contribution < -0.4 is 0 Å². The van der Waals surface area contributed by atoms with E-state index >= 15 is 0 Å². The topological polar surface area (TPSA) is 200 Å². The van der Waals surface area contributed by atoms with Crippen LogP contribution in [0.3, 0.4) is 0 Å². The Balaban J connectivity index is 2.47. The molecule has 1 aliphatic rings. The minimum Gasteiger partial charge on any atom is -0.394 e. The van der Waals surface area contributed by atoms with E-state index in [0.717, 1.165) is 50.3 Å². The van der Waals surface area contributed by atoms with Gasteiger partial charge in [0, 0.05) is 12.0 Å². The summed E-state index contributed by atoms with van der Waals surface area (Å²) in [7, 11) is -7.76. The first-order chi connectivity index (χ1) is 15.3. The van der Waals surface area contributed by atoms with Crippen LogP contribution in [0.25, 0.3) is 0 Å². The van der Waals surface area contributed by atoms with E-state index in [1.54, 1.807) is 0 Å². The summed E-state index contributed by atoms with van der Waals surface area (Å²) in [6.07, 6.45) is 2.32. The Hall–Kier alpha value is -0.520. The maximum absolute atomic E-state index is 11.1. The van der Waals surface area contributed by atoms with Crippen LogP contribution in [-0.2, 0) is 29.3 Å². The number of unbranched alkanes of at least 4 members (excludes halogenated alkanes) is 7. The lowest BCUT2D eigenvalue weighted by atomic mass is 10.0. The van der Waals surface area contributed by atoms with Gasteiger partial charge in [-0.3, -0.25) is 4.55 Å². The van der Waals surface area contributed by atoms with Crippen LogP contribution in [0.15, 0.2) is 5.16 Å². The molecule has 0 bridgehead atoms. The first kappa shape index (κ1) is 30.5. The number of thioether (sulfide) groups is 1. The highest BCUT2D eigenvalue weighted by atomic mass is 32.3. The number of hydrogen-bond acceptors (Lipinski definition) is 12. The van der Waals surface area contributed by atoms with E-state index in [1.165, 1.54) is 6.26 Å². The standard InChI is InChI=1S/C18H35NO11S3/c1-32(24,25)11-9-7-5-3-2-4-6-8-10-14(19-30-33(26,27)28)31-18-17(23)16(22)15(21)13(12-20)29-18/h13,15-18,20-23H,2-12H2,1H3,(H,26,27,28)/b19-14+/t13-,15-,16+,17+,18+/m0/s1. The number of sulfone groups is 1. The minimum atomic E-state index is -4.84. The van der Waals surface area contributed by atoms with Crippen molar-refractivity contribution in [2.75, 3.05) is 18.6 Å². The van der Waals surface area contributed by atoms with Gasteiger partial charge in [0.1, 0.15) is 44.7 Å². The van der Waals surface area contributed by atoms with Crippen molar-refractivity contribution in [3.63, 3.8) is 0 Å². The predicted molar refractivity (Wildman–Crippen MR) is 123 cm³/mol. The molecule has 0 amide bonds. The predicted octanol–water partition coefficient (Wildman–Crippen LogP) is 0.208. The number of oxime groups is 1. The van der Waals surface area contributed by atoms with E-state index in [-0.39, 0.29) is 17.2 Å². The summed E-state index contributed by atoms with van der Waals surface area (Å²) in [6.45, 7) is -0.607. The van der Waals surface area contributed by atoms with Crippen LogP contribution >= 0.6 is 11.8 Å². The van der Waals surface area contributed by atoms with E-state index in [9.17, 15) is 37.3 Å². The second kappa shape index (κ2) is 14.8. The van der Waals surface area contributed by atoms with Crippen molar-refractivity contribution < 1.29 is 50.8 Å². The average Bonchev–Trinajstić information content (AvgIpc) is 2.71. The number of aliphatic hydroxyl groups is 4. The Morgan fingerprint density at radius 3 is 1.97 bits per heavy atom. The highest BCUT2D eigenvalue weighted by molar-refractivity contribution is 8.14. The molecule has 1 saturated heterocycles. The van der Waals surface area contributed by atoms with Crippen molar-refractivity contribution in [2.24, 2.45) is 5.16 Å².